The van der Waals surface area contributed by atoms with Crippen molar-refractivity contribution in [2.45, 2.75) is 43.7 Å². The molecule has 6 aliphatic heterocycles. The van der Waals surface area contributed by atoms with Crippen LogP contribution in [0.15, 0.2) is 0 Å². The highest BCUT2D eigenvalue weighted by Crippen LogP contribution is 2.58. The molecule has 2 N–H and O–H groups in total. The molecule has 0 radical (unpaired) electrons. The van der Waals surface area contributed by atoms with Crippen molar-refractivity contribution in [3.05, 3.63) is 0 Å². The Kier molecular flexibility index (Phi) is 1.41. The number of fused-ring (bicyclic) bond motifs is 1. The van der Waals surface area contributed by atoms with Crippen LogP contribution in [0.2, 0.25) is 0 Å². The fraction of sp³-hybridized carbons (Fsp3) is 1.00. The highest BCUT2D eigenvalue weighted by atomic mass is 16.8. The molecule has 0 saturated carbocycles. The molecule has 6 aliphatic rings. The molecule has 6 unspecified atom stereocenters. The summed E-state index contributed by atoms with van der Waals surface area (Å²) < 4.78 is 23.1. The fourth-order valence-corrected chi connectivity index (χ4v) is 3.50. The predicted molar refractivity (Wildman–Crippen MR) is 48.9 cm³/mol. The second-order valence-electron chi connectivity index (χ2n) is 5.14. The molecule has 5 nitrogen and oxygen atoms in total. The molecule has 6 saturated heterocycles. The molecule has 15 heavy (non-hydrogen) atoms. The third-order valence-corrected chi connectivity index (χ3v) is 4.53. The summed E-state index contributed by atoms with van der Waals surface area (Å²) in [7, 11) is 0. The van der Waals surface area contributed by atoms with E-state index in [1.54, 1.807) is 0 Å². The first-order chi connectivity index (χ1) is 7.15. The molecule has 0 amide bonds. The van der Waals surface area contributed by atoms with Gasteiger partial charge in [0.25, 0.3) is 0 Å². The molecule has 0 spiro atoms. The smallest absolute Gasteiger partial charge is 0.189 e. The van der Waals surface area contributed by atoms with Gasteiger partial charge in [0.1, 0.15) is 12.2 Å². The Morgan fingerprint density at radius 3 is 3.00 bits per heavy atom. The minimum Gasteiger partial charge on any atom is -0.374 e. The minimum atomic E-state index is -0.736. The third kappa shape index (κ3) is 0.775. The highest BCUT2D eigenvalue weighted by molar-refractivity contribution is 5.17. The fourth-order valence-electron chi connectivity index (χ4n) is 3.50. The molecule has 6 fully saturated rings. The average Bonchev–Trinajstić information content (AvgIpc) is 2.17. The zero-order valence-electron chi connectivity index (χ0n) is 8.64. The monoisotopic (exact) mass is 213 g/mol. The largest absolute Gasteiger partial charge is 0.374 e. The summed E-state index contributed by atoms with van der Waals surface area (Å²) in [4.78, 5) is 0. The van der Waals surface area contributed by atoms with Gasteiger partial charge in [-0.05, 0) is 6.42 Å². The van der Waals surface area contributed by atoms with Crippen LogP contribution in [0.25, 0.3) is 0 Å². The van der Waals surface area contributed by atoms with Gasteiger partial charge in [-0.1, -0.05) is 6.92 Å². The van der Waals surface area contributed by atoms with Gasteiger partial charge < -0.3 is 24.7 Å². The van der Waals surface area contributed by atoms with E-state index < -0.39 is 5.72 Å². The topological polar surface area (TPSA) is 62.9 Å². The van der Waals surface area contributed by atoms with Gasteiger partial charge in [-0.2, -0.15) is 0 Å². The van der Waals surface area contributed by atoms with Crippen molar-refractivity contribution < 1.29 is 18.9 Å². The van der Waals surface area contributed by atoms with Crippen molar-refractivity contribution in [1.29, 1.82) is 0 Å². The van der Waals surface area contributed by atoms with Gasteiger partial charge in [0.15, 0.2) is 12.0 Å². The normalized spacial score (nSPS) is 66.0. The quantitative estimate of drug-likeness (QED) is 0.592. The predicted octanol–water partition coefficient (Wildman–Crippen LogP) is -0.409. The molecule has 6 bridgehead atoms. The Bertz CT molecular complexity index is 325. The van der Waals surface area contributed by atoms with Gasteiger partial charge in [-0.15, -0.1) is 0 Å². The number of hydrogen-bond acceptors (Lipinski definition) is 5. The summed E-state index contributed by atoms with van der Waals surface area (Å²) in [6.07, 6.45) is 0.652. The number of ether oxygens (including phenoxy) is 4. The summed E-state index contributed by atoms with van der Waals surface area (Å²) in [5.74, 6) is 0. The summed E-state index contributed by atoms with van der Waals surface area (Å²) >= 11 is 0. The standard InChI is InChI=1S/C10H15NO4/c1-9-5-2-3-12-7(9)6-8(14-5)15-10(9,11)4-13-6/h5-8H,2-4,11H2,1H3. The van der Waals surface area contributed by atoms with Crippen LogP contribution in [0, 0.1) is 5.41 Å². The molecular formula is C10H15NO4. The van der Waals surface area contributed by atoms with Crippen molar-refractivity contribution in [2.75, 3.05) is 13.2 Å². The molecule has 84 valence electrons. The van der Waals surface area contributed by atoms with Crippen molar-refractivity contribution in [3.8, 4) is 0 Å². The van der Waals surface area contributed by atoms with E-state index in [9.17, 15) is 0 Å². The maximum absolute atomic E-state index is 6.30. The molecule has 6 heterocycles. The van der Waals surface area contributed by atoms with Crippen LogP contribution >= 0.6 is 0 Å². The molecule has 0 aliphatic carbocycles. The molecule has 0 aromatic rings. The Balaban J connectivity index is 1.89. The van der Waals surface area contributed by atoms with E-state index in [0.29, 0.717) is 6.61 Å². The first kappa shape index (κ1) is 8.90. The van der Waals surface area contributed by atoms with Crippen LogP contribution in [-0.2, 0) is 18.9 Å². The van der Waals surface area contributed by atoms with E-state index in [1.807, 2.05) is 0 Å². The number of rotatable bonds is 0. The van der Waals surface area contributed by atoms with Crippen LogP contribution in [0.5, 0.6) is 0 Å². The average molecular weight is 213 g/mol. The van der Waals surface area contributed by atoms with Gasteiger partial charge in [0.2, 0.25) is 0 Å². The van der Waals surface area contributed by atoms with Gasteiger partial charge in [0, 0.05) is 6.61 Å². The maximum Gasteiger partial charge on any atom is 0.189 e. The van der Waals surface area contributed by atoms with Crippen LogP contribution in [0.1, 0.15) is 13.3 Å². The van der Waals surface area contributed by atoms with Gasteiger partial charge in [-0.25, -0.2) is 0 Å². The van der Waals surface area contributed by atoms with Crippen LogP contribution < -0.4 is 5.73 Å². The Hall–Kier alpha value is -0.200. The third-order valence-electron chi connectivity index (χ3n) is 4.53. The Labute approximate surface area is 87.8 Å². The summed E-state index contributed by atoms with van der Waals surface area (Å²) in [5, 5.41) is 0. The lowest BCUT2D eigenvalue weighted by Crippen LogP contribution is -2.86. The van der Waals surface area contributed by atoms with Gasteiger partial charge in [0.05, 0.1) is 18.1 Å². The maximum atomic E-state index is 6.30. The van der Waals surface area contributed by atoms with Crippen molar-refractivity contribution in [2.24, 2.45) is 11.1 Å². The molecule has 0 aromatic carbocycles. The number of hydrogen-bond donors (Lipinski definition) is 1. The Morgan fingerprint density at radius 1 is 1.33 bits per heavy atom. The van der Waals surface area contributed by atoms with E-state index in [4.69, 9.17) is 24.7 Å². The first-order valence-electron chi connectivity index (χ1n) is 5.50. The summed E-state index contributed by atoms with van der Waals surface area (Å²) in [6, 6.07) is 0. The van der Waals surface area contributed by atoms with Crippen molar-refractivity contribution in [1.82, 2.24) is 0 Å². The Morgan fingerprint density at radius 2 is 2.20 bits per heavy atom. The van der Waals surface area contributed by atoms with Crippen LogP contribution in [-0.4, -0.2) is 43.5 Å². The summed E-state index contributed by atoms with van der Waals surface area (Å²) in [5.41, 5.74) is 5.30. The molecular weight excluding hydrogens is 198 g/mol. The first-order valence-corrected chi connectivity index (χ1v) is 5.50. The van der Waals surface area contributed by atoms with E-state index in [1.165, 1.54) is 0 Å². The SMILES string of the molecule is CC12C3CCOC1C1OCC2(N)OC1O3. The minimum absolute atomic E-state index is 0.0301. The van der Waals surface area contributed by atoms with Crippen LogP contribution in [0.4, 0.5) is 0 Å². The second-order valence-corrected chi connectivity index (χ2v) is 5.14. The lowest BCUT2D eigenvalue weighted by molar-refractivity contribution is -0.488. The lowest BCUT2D eigenvalue weighted by atomic mass is 9.61. The van der Waals surface area contributed by atoms with Gasteiger partial charge >= 0.3 is 0 Å². The lowest BCUT2D eigenvalue weighted by Gasteiger charge is -2.69. The molecule has 6 atom stereocenters. The van der Waals surface area contributed by atoms with Gasteiger partial charge in [-0.3, -0.25) is 0 Å². The second kappa shape index (κ2) is 2.38. The zero-order chi connectivity index (χ0) is 10.3. The number of nitrogens with two attached hydrogens (primary N) is 1. The van der Waals surface area contributed by atoms with Crippen molar-refractivity contribution >= 4 is 0 Å². The molecule has 5 heteroatoms. The van der Waals surface area contributed by atoms with Crippen LogP contribution in [0.3, 0.4) is 0 Å². The summed E-state index contributed by atoms with van der Waals surface area (Å²) in [6.45, 7) is 3.28. The van der Waals surface area contributed by atoms with Crippen molar-refractivity contribution in [3.63, 3.8) is 0 Å². The molecule has 0 aromatic heterocycles. The molecule has 6 rings (SSSR count). The van der Waals surface area contributed by atoms with E-state index in [0.717, 1.165) is 13.0 Å². The van der Waals surface area contributed by atoms with E-state index in [-0.39, 0.29) is 30.0 Å². The van der Waals surface area contributed by atoms with E-state index >= 15 is 0 Å². The zero-order valence-corrected chi connectivity index (χ0v) is 8.64. The highest BCUT2D eigenvalue weighted by Gasteiger charge is 2.74. The van der Waals surface area contributed by atoms with E-state index in [2.05, 4.69) is 6.92 Å².